The largest absolute Gasteiger partial charge is 0.435 e. The molecule has 1 amide bonds. The van der Waals surface area contributed by atoms with Gasteiger partial charge in [-0.05, 0) is 42.5 Å². The monoisotopic (exact) mass is 351 g/mol. The van der Waals surface area contributed by atoms with Gasteiger partial charge in [-0.3, -0.25) is 4.79 Å². The van der Waals surface area contributed by atoms with Crippen LogP contribution in [0.3, 0.4) is 0 Å². The average Bonchev–Trinajstić information content (AvgIpc) is 3.24. The number of carbonyl (C=O) groups excluding carboxylic acids is 1. The summed E-state index contributed by atoms with van der Waals surface area (Å²) in [7, 11) is 0. The molecule has 0 spiro atoms. The van der Waals surface area contributed by atoms with E-state index < -0.39 is 11.9 Å². The Morgan fingerprint density at radius 1 is 1.16 bits per heavy atom. The first kappa shape index (κ1) is 17.5. The van der Waals surface area contributed by atoms with Crippen molar-refractivity contribution in [1.82, 2.24) is 15.1 Å². The molecule has 4 nitrogen and oxygen atoms in total. The van der Waals surface area contributed by atoms with E-state index in [9.17, 15) is 18.0 Å². The summed E-state index contributed by atoms with van der Waals surface area (Å²) in [4.78, 5) is 11.9. The molecule has 1 aromatic heterocycles. The van der Waals surface area contributed by atoms with Gasteiger partial charge in [-0.2, -0.15) is 18.3 Å². The fraction of sp³-hybridized carbons (Fsp3) is 0.444. The minimum atomic E-state index is -4.45. The van der Waals surface area contributed by atoms with E-state index in [4.69, 9.17) is 0 Å². The van der Waals surface area contributed by atoms with Crippen molar-refractivity contribution in [2.45, 2.75) is 44.8 Å². The van der Waals surface area contributed by atoms with E-state index in [1.54, 1.807) is 24.3 Å². The zero-order valence-corrected chi connectivity index (χ0v) is 13.7. The SMILES string of the molecule is O=C(CC1CCCC1)NCc1ccc(-n2ccc(C(F)(F)F)n2)cc1. The van der Waals surface area contributed by atoms with Gasteiger partial charge in [0.15, 0.2) is 5.69 Å². The standard InChI is InChI=1S/C18H20F3N3O/c19-18(20,21)16-9-10-24(23-16)15-7-5-14(6-8-15)12-22-17(25)11-13-3-1-2-4-13/h5-10,13H,1-4,11-12H2,(H,22,25). The fourth-order valence-electron chi connectivity index (χ4n) is 3.13. The molecule has 0 aliphatic heterocycles. The highest BCUT2D eigenvalue weighted by Gasteiger charge is 2.33. The van der Waals surface area contributed by atoms with E-state index >= 15 is 0 Å². The molecular weight excluding hydrogens is 331 g/mol. The minimum absolute atomic E-state index is 0.0536. The molecule has 1 aromatic carbocycles. The third-order valence-electron chi connectivity index (χ3n) is 4.52. The summed E-state index contributed by atoms with van der Waals surface area (Å²) in [5.41, 5.74) is 0.513. The minimum Gasteiger partial charge on any atom is -0.352 e. The summed E-state index contributed by atoms with van der Waals surface area (Å²) in [6.45, 7) is 0.415. The first-order chi connectivity index (χ1) is 11.9. The molecule has 1 aliphatic carbocycles. The van der Waals surface area contributed by atoms with Gasteiger partial charge in [0.2, 0.25) is 5.91 Å². The van der Waals surface area contributed by atoms with Gasteiger partial charge in [0.25, 0.3) is 0 Å². The van der Waals surface area contributed by atoms with Crippen molar-refractivity contribution in [2.24, 2.45) is 5.92 Å². The van der Waals surface area contributed by atoms with Crippen molar-refractivity contribution in [3.05, 3.63) is 47.8 Å². The number of aromatic nitrogens is 2. The lowest BCUT2D eigenvalue weighted by Crippen LogP contribution is -2.24. The van der Waals surface area contributed by atoms with Crippen molar-refractivity contribution in [3.63, 3.8) is 0 Å². The van der Waals surface area contributed by atoms with Crippen LogP contribution in [0.4, 0.5) is 13.2 Å². The van der Waals surface area contributed by atoms with Gasteiger partial charge >= 0.3 is 6.18 Å². The number of benzene rings is 1. The molecule has 134 valence electrons. The molecule has 1 aliphatic rings. The predicted octanol–water partition coefficient (Wildman–Crippen LogP) is 4.09. The first-order valence-electron chi connectivity index (χ1n) is 8.41. The van der Waals surface area contributed by atoms with E-state index in [2.05, 4.69) is 10.4 Å². The maximum absolute atomic E-state index is 12.6. The summed E-state index contributed by atoms with van der Waals surface area (Å²) in [6, 6.07) is 7.87. The van der Waals surface area contributed by atoms with Crippen molar-refractivity contribution < 1.29 is 18.0 Å². The lowest BCUT2D eigenvalue weighted by atomic mass is 10.0. The molecule has 25 heavy (non-hydrogen) atoms. The number of amides is 1. The third kappa shape index (κ3) is 4.61. The Morgan fingerprint density at radius 3 is 2.44 bits per heavy atom. The lowest BCUT2D eigenvalue weighted by Gasteiger charge is -2.10. The van der Waals surface area contributed by atoms with E-state index in [1.165, 1.54) is 23.7 Å². The number of hydrogen-bond acceptors (Lipinski definition) is 2. The molecule has 0 bridgehead atoms. The van der Waals surface area contributed by atoms with Crippen LogP contribution < -0.4 is 5.32 Å². The first-order valence-corrected chi connectivity index (χ1v) is 8.41. The van der Waals surface area contributed by atoms with Gasteiger partial charge in [0, 0.05) is 19.2 Å². The Hall–Kier alpha value is -2.31. The van der Waals surface area contributed by atoms with Crippen molar-refractivity contribution in [3.8, 4) is 5.69 Å². The molecule has 0 radical (unpaired) electrons. The molecule has 1 heterocycles. The Labute approximate surface area is 144 Å². The van der Waals surface area contributed by atoms with Crippen molar-refractivity contribution in [2.75, 3.05) is 0 Å². The van der Waals surface area contributed by atoms with Gasteiger partial charge in [0.05, 0.1) is 5.69 Å². The Morgan fingerprint density at radius 2 is 1.84 bits per heavy atom. The summed E-state index contributed by atoms with van der Waals surface area (Å²) >= 11 is 0. The van der Waals surface area contributed by atoms with Crippen LogP contribution in [-0.4, -0.2) is 15.7 Å². The summed E-state index contributed by atoms with van der Waals surface area (Å²) < 4.78 is 38.9. The Kier molecular flexibility index (Phi) is 5.11. The number of nitrogens with zero attached hydrogens (tertiary/aromatic N) is 2. The van der Waals surface area contributed by atoms with Crippen LogP contribution in [0.1, 0.15) is 43.4 Å². The molecule has 0 atom stereocenters. The molecule has 1 saturated carbocycles. The second-order valence-electron chi connectivity index (χ2n) is 6.44. The topological polar surface area (TPSA) is 46.9 Å². The third-order valence-corrected chi connectivity index (χ3v) is 4.52. The molecule has 7 heteroatoms. The van der Waals surface area contributed by atoms with Crippen LogP contribution in [-0.2, 0) is 17.5 Å². The Bertz CT molecular complexity index is 716. The highest BCUT2D eigenvalue weighted by Crippen LogP contribution is 2.28. The van der Waals surface area contributed by atoms with Gasteiger partial charge < -0.3 is 5.32 Å². The zero-order chi connectivity index (χ0) is 17.9. The van der Waals surface area contributed by atoms with Crippen LogP contribution in [0.5, 0.6) is 0 Å². The maximum Gasteiger partial charge on any atom is 0.435 e. The average molecular weight is 351 g/mol. The quantitative estimate of drug-likeness (QED) is 0.882. The second kappa shape index (κ2) is 7.29. The molecule has 0 unspecified atom stereocenters. The fourth-order valence-corrected chi connectivity index (χ4v) is 3.13. The molecule has 1 N–H and O–H groups in total. The van der Waals surface area contributed by atoms with E-state index in [-0.39, 0.29) is 5.91 Å². The molecule has 0 saturated heterocycles. The smallest absolute Gasteiger partial charge is 0.352 e. The molecule has 3 rings (SSSR count). The van der Waals surface area contributed by atoms with Crippen LogP contribution in [0.15, 0.2) is 36.5 Å². The van der Waals surface area contributed by atoms with Crippen LogP contribution in [0.2, 0.25) is 0 Å². The van der Waals surface area contributed by atoms with Gasteiger partial charge in [0.1, 0.15) is 0 Å². The van der Waals surface area contributed by atoms with E-state index in [1.807, 2.05) is 0 Å². The predicted molar refractivity (Wildman–Crippen MR) is 87.0 cm³/mol. The molecular formula is C18H20F3N3O. The molecule has 2 aromatic rings. The van der Waals surface area contributed by atoms with Crippen molar-refractivity contribution >= 4 is 5.91 Å². The second-order valence-corrected chi connectivity index (χ2v) is 6.44. The summed E-state index contributed by atoms with van der Waals surface area (Å²) in [5, 5.41) is 6.43. The van der Waals surface area contributed by atoms with E-state index in [0.717, 1.165) is 24.5 Å². The van der Waals surface area contributed by atoms with Crippen molar-refractivity contribution in [1.29, 1.82) is 0 Å². The van der Waals surface area contributed by atoms with Crippen LogP contribution >= 0.6 is 0 Å². The van der Waals surface area contributed by atoms with Crippen LogP contribution in [0, 0.1) is 5.92 Å². The summed E-state index contributed by atoms with van der Waals surface area (Å²) in [6.07, 6.45) is 2.09. The number of rotatable bonds is 5. The highest BCUT2D eigenvalue weighted by atomic mass is 19.4. The van der Waals surface area contributed by atoms with Gasteiger partial charge in [-0.25, -0.2) is 4.68 Å². The zero-order valence-electron chi connectivity index (χ0n) is 13.7. The lowest BCUT2D eigenvalue weighted by molar-refractivity contribution is -0.141. The van der Waals surface area contributed by atoms with Crippen LogP contribution in [0.25, 0.3) is 5.69 Å². The normalized spacial score (nSPS) is 15.5. The van der Waals surface area contributed by atoms with E-state index in [0.29, 0.717) is 24.6 Å². The number of carbonyl (C=O) groups is 1. The highest BCUT2D eigenvalue weighted by molar-refractivity contribution is 5.76. The molecule has 1 fully saturated rings. The number of alkyl halides is 3. The number of hydrogen-bond donors (Lipinski definition) is 1. The van der Waals surface area contributed by atoms with Gasteiger partial charge in [-0.1, -0.05) is 25.0 Å². The Balaban J connectivity index is 1.55. The maximum atomic E-state index is 12.6. The number of halogens is 3. The van der Waals surface area contributed by atoms with Gasteiger partial charge in [-0.15, -0.1) is 0 Å². The summed E-state index contributed by atoms with van der Waals surface area (Å²) in [5.74, 6) is 0.558. The number of nitrogens with one attached hydrogen (secondary N) is 1.